The Morgan fingerprint density at radius 2 is 1.94 bits per heavy atom. The first-order valence-corrected chi connectivity index (χ1v) is 6.10. The largest absolute Gasteiger partial charge is 0.313 e. The van der Waals surface area contributed by atoms with Crippen molar-refractivity contribution in [3.05, 3.63) is 34.9 Å². The van der Waals surface area contributed by atoms with Crippen LogP contribution in [0.15, 0.2) is 24.3 Å². The molecule has 3 nitrogen and oxygen atoms in total. The number of nitrogens with one attached hydrogen (secondary N) is 1. The van der Waals surface area contributed by atoms with Gasteiger partial charge in [0.1, 0.15) is 0 Å². The van der Waals surface area contributed by atoms with Gasteiger partial charge in [-0.05, 0) is 17.0 Å². The molecular formula is C13H18ClNO2. The summed E-state index contributed by atoms with van der Waals surface area (Å²) >= 11 is 6.25. The summed E-state index contributed by atoms with van der Waals surface area (Å²) in [6.45, 7) is 6.84. The molecule has 1 atom stereocenters. The van der Waals surface area contributed by atoms with Crippen molar-refractivity contribution in [2.45, 2.75) is 33.2 Å². The van der Waals surface area contributed by atoms with Gasteiger partial charge in [-0.2, -0.15) is 0 Å². The average Bonchev–Trinajstić information content (AvgIpc) is 2.16. The maximum Gasteiger partial charge on any atom is 0.220 e. The van der Waals surface area contributed by atoms with Gasteiger partial charge in [0.15, 0.2) is 6.79 Å². The van der Waals surface area contributed by atoms with Crippen LogP contribution >= 0.6 is 11.6 Å². The molecule has 0 spiro atoms. The standard InChI is InChI=1S/C13H18ClNO2/c1-13(2,3)11(15-12-16-8-17-12)9-6-4-5-7-10(9)14/h4-7,11-12,15H,8H2,1-3H3/t11-/m1/s1. The first kappa shape index (κ1) is 12.8. The topological polar surface area (TPSA) is 30.5 Å². The van der Waals surface area contributed by atoms with Crippen molar-refractivity contribution in [1.82, 2.24) is 5.32 Å². The molecule has 0 aromatic heterocycles. The van der Waals surface area contributed by atoms with Gasteiger partial charge in [-0.15, -0.1) is 0 Å². The fourth-order valence-corrected chi connectivity index (χ4v) is 2.13. The lowest BCUT2D eigenvalue weighted by molar-refractivity contribution is -0.337. The van der Waals surface area contributed by atoms with Crippen LogP contribution in [0, 0.1) is 5.41 Å². The van der Waals surface area contributed by atoms with Crippen molar-refractivity contribution in [1.29, 1.82) is 0 Å². The molecule has 0 unspecified atom stereocenters. The molecule has 94 valence electrons. The minimum Gasteiger partial charge on any atom is -0.313 e. The van der Waals surface area contributed by atoms with Crippen molar-refractivity contribution in [3.8, 4) is 0 Å². The number of hydrogen-bond donors (Lipinski definition) is 1. The van der Waals surface area contributed by atoms with Crippen molar-refractivity contribution in [2.75, 3.05) is 6.79 Å². The highest BCUT2D eigenvalue weighted by Gasteiger charge is 2.32. The van der Waals surface area contributed by atoms with Crippen LogP contribution in [0.1, 0.15) is 32.4 Å². The Morgan fingerprint density at radius 1 is 1.29 bits per heavy atom. The highest BCUT2D eigenvalue weighted by Crippen LogP contribution is 2.37. The lowest BCUT2D eigenvalue weighted by Crippen LogP contribution is -2.48. The maximum absolute atomic E-state index is 6.25. The van der Waals surface area contributed by atoms with Crippen molar-refractivity contribution in [3.63, 3.8) is 0 Å². The van der Waals surface area contributed by atoms with Gasteiger partial charge in [0.25, 0.3) is 0 Å². The maximum atomic E-state index is 6.25. The number of benzene rings is 1. The molecule has 1 heterocycles. The highest BCUT2D eigenvalue weighted by molar-refractivity contribution is 6.31. The smallest absolute Gasteiger partial charge is 0.220 e. The molecule has 2 rings (SSSR count). The van der Waals surface area contributed by atoms with Gasteiger partial charge in [-0.25, -0.2) is 0 Å². The lowest BCUT2D eigenvalue weighted by Gasteiger charge is -2.38. The normalized spacial score (nSPS) is 18.8. The summed E-state index contributed by atoms with van der Waals surface area (Å²) in [6.07, 6.45) is -0.324. The quantitative estimate of drug-likeness (QED) is 0.899. The van der Waals surface area contributed by atoms with Crippen LogP contribution in [0.3, 0.4) is 0 Å². The fraction of sp³-hybridized carbons (Fsp3) is 0.538. The molecule has 0 radical (unpaired) electrons. The first-order chi connectivity index (χ1) is 7.98. The molecule has 0 saturated carbocycles. The third-order valence-electron chi connectivity index (χ3n) is 2.82. The van der Waals surface area contributed by atoms with E-state index < -0.39 is 0 Å². The zero-order valence-corrected chi connectivity index (χ0v) is 11.1. The molecule has 1 fully saturated rings. The van der Waals surface area contributed by atoms with E-state index in [0.717, 1.165) is 10.6 Å². The molecular weight excluding hydrogens is 238 g/mol. The van der Waals surface area contributed by atoms with Gasteiger partial charge in [0.05, 0.1) is 0 Å². The van der Waals surface area contributed by atoms with E-state index >= 15 is 0 Å². The second-order valence-corrected chi connectivity index (χ2v) is 5.68. The van der Waals surface area contributed by atoms with E-state index in [-0.39, 0.29) is 17.9 Å². The SMILES string of the molecule is CC(C)(C)[C@H](NC1OCO1)c1ccccc1Cl. The summed E-state index contributed by atoms with van der Waals surface area (Å²) < 4.78 is 10.5. The van der Waals surface area contributed by atoms with Crippen LogP contribution < -0.4 is 5.32 Å². The van der Waals surface area contributed by atoms with Gasteiger partial charge >= 0.3 is 0 Å². The minimum absolute atomic E-state index is 0.0211. The van der Waals surface area contributed by atoms with E-state index in [9.17, 15) is 0 Å². The van der Waals surface area contributed by atoms with E-state index in [2.05, 4.69) is 26.1 Å². The number of hydrogen-bond acceptors (Lipinski definition) is 3. The van der Waals surface area contributed by atoms with Crippen LogP contribution in [-0.2, 0) is 9.47 Å². The fourth-order valence-electron chi connectivity index (χ4n) is 1.88. The predicted molar refractivity (Wildman–Crippen MR) is 67.6 cm³/mol. The Labute approximate surface area is 107 Å². The lowest BCUT2D eigenvalue weighted by atomic mass is 9.82. The zero-order chi connectivity index (χ0) is 12.5. The van der Waals surface area contributed by atoms with Crippen LogP contribution in [0.25, 0.3) is 0 Å². The van der Waals surface area contributed by atoms with Crippen molar-refractivity contribution in [2.24, 2.45) is 5.41 Å². The molecule has 1 aliphatic heterocycles. The first-order valence-electron chi connectivity index (χ1n) is 5.72. The van der Waals surface area contributed by atoms with Crippen LogP contribution in [0.5, 0.6) is 0 Å². The van der Waals surface area contributed by atoms with Gasteiger partial charge in [-0.3, -0.25) is 5.32 Å². The average molecular weight is 256 g/mol. The van der Waals surface area contributed by atoms with Crippen LogP contribution in [0.2, 0.25) is 5.02 Å². The molecule has 0 bridgehead atoms. The van der Waals surface area contributed by atoms with Gasteiger partial charge < -0.3 is 9.47 Å². The Hall–Kier alpha value is -0.610. The van der Waals surface area contributed by atoms with E-state index in [1.807, 2.05) is 24.3 Å². The van der Waals surface area contributed by atoms with Gasteiger partial charge in [-0.1, -0.05) is 50.6 Å². The molecule has 1 saturated heterocycles. The van der Waals surface area contributed by atoms with E-state index in [0.29, 0.717) is 6.79 Å². The Bertz CT molecular complexity index is 385. The summed E-state index contributed by atoms with van der Waals surface area (Å²) in [6, 6.07) is 7.94. The zero-order valence-electron chi connectivity index (χ0n) is 10.4. The summed E-state index contributed by atoms with van der Waals surface area (Å²) in [5.74, 6) is 0. The van der Waals surface area contributed by atoms with Crippen molar-refractivity contribution >= 4 is 11.6 Å². The molecule has 0 amide bonds. The Kier molecular flexibility index (Phi) is 3.73. The second kappa shape index (κ2) is 4.94. The number of halogens is 1. The summed E-state index contributed by atoms with van der Waals surface area (Å²) in [5, 5.41) is 4.08. The molecule has 0 aliphatic carbocycles. The second-order valence-electron chi connectivity index (χ2n) is 5.27. The minimum atomic E-state index is -0.324. The molecule has 1 aliphatic rings. The molecule has 1 N–H and O–H groups in total. The molecule has 17 heavy (non-hydrogen) atoms. The highest BCUT2D eigenvalue weighted by atomic mass is 35.5. The Morgan fingerprint density at radius 3 is 2.41 bits per heavy atom. The van der Waals surface area contributed by atoms with Crippen LogP contribution in [0.4, 0.5) is 0 Å². The predicted octanol–water partition coefficient (Wildman–Crippen LogP) is 3.30. The molecule has 4 heteroatoms. The van der Waals surface area contributed by atoms with Gasteiger partial charge in [0.2, 0.25) is 6.41 Å². The van der Waals surface area contributed by atoms with E-state index in [1.165, 1.54) is 0 Å². The molecule has 1 aromatic rings. The monoisotopic (exact) mass is 255 g/mol. The number of rotatable bonds is 3. The van der Waals surface area contributed by atoms with E-state index in [4.69, 9.17) is 21.1 Å². The summed E-state index contributed by atoms with van der Waals surface area (Å²) in [4.78, 5) is 0. The summed E-state index contributed by atoms with van der Waals surface area (Å²) in [7, 11) is 0. The van der Waals surface area contributed by atoms with Crippen LogP contribution in [-0.4, -0.2) is 13.2 Å². The Balaban J connectivity index is 2.23. The van der Waals surface area contributed by atoms with Gasteiger partial charge in [0, 0.05) is 11.1 Å². The van der Waals surface area contributed by atoms with E-state index in [1.54, 1.807) is 0 Å². The summed E-state index contributed by atoms with van der Waals surface area (Å²) in [5.41, 5.74) is 1.09. The molecule has 1 aromatic carbocycles. The number of ether oxygens (including phenoxy) is 2. The third-order valence-corrected chi connectivity index (χ3v) is 3.17. The van der Waals surface area contributed by atoms with Crippen molar-refractivity contribution < 1.29 is 9.47 Å². The third kappa shape index (κ3) is 2.99.